The van der Waals surface area contributed by atoms with E-state index in [-0.39, 0.29) is 11.0 Å². The van der Waals surface area contributed by atoms with Crippen LogP contribution in [0.25, 0.3) is 0 Å². The van der Waals surface area contributed by atoms with E-state index in [1.807, 2.05) is 27.7 Å². The van der Waals surface area contributed by atoms with Crippen molar-refractivity contribution >= 4 is 12.6 Å². The Morgan fingerprint density at radius 1 is 1.00 bits per heavy atom. The van der Waals surface area contributed by atoms with Crippen molar-refractivity contribution in [3.05, 3.63) is 29.7 Å². The van der Waals surface area contributed by atoms with Gasteiger partial charge in [0.15, 0.2) is 0 Å². The molecule has 0 N–H and O–H groups in total. The molecule has 1 atom stereocenters. The molecular weight excluding hydrogens is 273 g/mol. The van der Waals surface area contributed by atoms with E-state index in [1.165, 1.54) is 6.92 Å². The van der Waals surface area contributed by atoms with Gasteiger partial charge in [-0.1, -0.05) is 24.2 Å². The zero-order valence-corrected chi connectivity index (χ0v) is 12.9. The van der Waals surface area contributed by atoms with Crippen LogP contribution in [0.3, 0.4) is 0 Å². The number of benzene rings is 1. The molecule has 0 bridgehead atoms. The summed E-state index contributed by atoms with van der Waals surface area (Å²) in [5.41, 5.74) is -3.39. The maximum Gasteiger partial charge on any atom is 0.494 e. The molecule has 0 radical (unpaired) electrons. The van der Waals surface area contributed by atoms with Gasteiger partial charge in [-0.2, -0.15) is 0 Å². The predicted octanol–water partition coefficient (Wildman–Crippen LogP) is 3.28. The minimum atomic E-state index is -3.02. The van der Waals surface area contributed by atoms with Crippen molar-refractivity contribution in [2.45, 2.75) is 63.6 Å². The Labute approximate surface area is 130 Å². The fraction of sp³-hybridized carbons (Fsp3) is 0.625. The maximum atomic E-state index is 13.8. The Morgan fingerprint density at radius 2 is 1.43 bits per heavy atom. The fourth-order valence-electron chi connectivity index (χ4n) is 2.35. The summed E-state index contributed by atoms with van der Waals surface area (Å²) in [4.78, 5) is 0. The molecule has 0 spiro atoms. The summed E-state index contributed by atoms with van der Waals surface area (Å²) in [5, 5.41) is 0. The molecule has 1 unspecified atom stereocenters. The Hall–Kier alpha value is -0.935. The second-order valence-electron chi connectivity index (χ2n) is 7.09. The first-order chi connectivity index (χ1) is 11.2. The van der Waals surface area contributed by atoms with E-state index in [1.54, 1.807) is 0 Å². The van der Waals surface area contributed by atoms with E-state index < -0.39 is 60.2 Å². The van der Waals surface area contributed by atoms with Crippen molar-refractivity contribution in [2.75, 3.05) is 0 Å². The second-order valence-corrected chi connectivity index (χ2v) is 7.09. The average molecular weight is 298 g/mol. The van der Waals surface area contributed by atoms with Gasteiger partial charge in [0.1, 0.15) is 0 Å². The maximum absolute atomic E-state index is 13.8. The van der Waals surface area contributed by atoms with Gasteiger partial charge >= 0.3 is 7.12 Å². The third-order valence-electron chi connectivity index (χ3n) is 4.94. The lowest BCUT2D eigenvalue weighted by molar-refractivity contribution is 0.00578. The van der Waals surface area contributed by atoms with Crippen LogP contribution in [0.4, 0.5) is 8.78 Å². The Balaban J connectivity index is 2.14. The first kappa shape index (κ1) is 10.7. The minimum absolute atomic E-state index is 0.0510. The van der Waals surface area contributed by atoms with Gasteiger partial charge in [-0.3, -0.25) is 0 Å². The fourth-order valence-corrected chi connectivity index (χ4v) is 2.35. The lowest BCUT2D eigenvalue weighted by Crippen LogP contribution is -2.41. The van der Waals surface area contributed by atoms with Crippen LogP contribution < -0.4 is 5.46 Å². The summed E-state index contributed by atoms with van der Waals surface area (Å²) in [5.74, 6) is -3.02. The van der Waals surface area contributed by atoms with Crippen LogP contribution >= 0.6 is 0 Å². The van der Waals surface area contributed by atoms with E-state index in [4.69, 9.17) is 14.8 Å². The molecule has 2 fully saturated rings. The lowest BCUT2D eigenvalue weighted by Gasteiger charge is -2.32. The van der Waals surface area contributed by atoms with Crippen LogP contribution in [0.2, 0.25) is 0 Å². The number of rotatable bonds is 2. The summed E-state index contributed by atoms with van der Waals surface area (Å²) in [7, 11) is -1.08. The van der Waals surface area contributed by atoms with Crippen molar-refractivity contribution in [3.8, 4) is 0 Å². The summed E-state index contributed by atoms with van der Waals surface area (Å²) in [6.07, 6.45) is -0.480. The van der Waals surface area contributed by atoms with Crippen LogP contribution in [-0.4, -0.2) is 24.2 Å². The van der Waals surface area contributed by atoms with Gasteiger partial charge in [-0.15, -0.1) is 0 Å². The van der Waals surface area contributed by atoms with E-state index in [0.29, 0.717) is 0 Å². The molecule has 1 aliphatic carbocycles. The molecule has 1 saturated carbocycles. The molecule has 2 aliphatic rings. The van der Waals surface area contributed by atoms with Gasteiger partial charge in [0.2, 0.25) is 0 Å². The van der Waals surface area contributed by atoms with E-state index >= 15 is 0 Å². The molecule has 0 aromatic heterocycles. The summed E-state index contributed by atoms with van der Waals surface area (Å²) >= 11 is 0. The SMILES string of the molecule is [2H]c1c([2H])c(C2(C)CC2(F)F)c([2H])c([2H])c1B1OC(C)(C)C(C)(C)O1. The number of alkyl halides is 2. The second kappa shape index (κ2) is 4.08. The molecule has 114 valence electrons. The van der Waals surface area contributed by atoms with Crippen molar-refractivity contribution in [1.29, 1.82) is 0 Å². The van der Waals surface area contributed by atoms with E-state index in [2.05, 4.69) is 0 Å². The molecule has 5 heteroatoms. The van der Waals surface area contributed by atoms with E-state index in [0.717, 1.165) is 0 Å². The molecular formula is C16H21BF2O2. The predicted molar refractivity (Wildman–Crippen MR) is 79.1 cm³/mol. The Bertz CT molecular complexity index is 724. The summed E-state index contributed by atoms with van der Waals surface area (Å²) in [6, 6.07) is -1.69. The molecule has 2 nitrogen and oxygen atoms in total. The monoisotopic (exact) mass is 298 g/mol. The third kappa shape index (κ3) is 2.13. The number of halogens is 2. The van der Waals surface area contributed by atoms with Gasteiger partial charge in [-0.05, 0) is 45.6 Å². The quantitative estimate of drug-likeness (QED) is 0.780. The van der Waals surface area contributed by atoms with Crippen LogP contribution in [0.15, 0.2) is 24.2 Å². The molecule has 1 aliphatic heterocycles. The smallest absolute Gasteiger partial charge is 0.399 e. The van der Waals surface area contributed by atoms with Crippen LogP contribution in [0.1, 0.15) is 52.1 Å². The zero-order chi connectivity index (χ0) is 19.2. The van der Waals surface area contributed by atoms with Crippen LogP contribution in [-0.2, 0) is 14.7 Å². The van der Waals surface area contributed by atoms with E-state index in [9.17, 15) is 8.78 Å². The topological polar surface area (TPSA) is 18.5 Å². The first-order valence-corrected chi connectivity index (χ1v) is 7.00. The molecule has 21 heavy (non-hydrogen) atoms. The van der Waals surface area contributed by atoms with Crippen molar-refractivity contribution in [3.63, 3.8) is 0 Å². The Kier molecular flexibility index (Phi) is 2.08. The highest BCUT2D eigenvalue weighted by atomic mass is 19.3. The van der Waals surface area contributed by atoms with Crippen LogP contribution in [0.5, 0.6) is 0 Å². The highest BCUT2D eigenvalue weighted by Gasteiger charge is 2.68. The number of hydrogen-bond donors (Lipinski definition) is 0. The lowest BCUT2D eigenvalue weighted by atomic mass is 9.78. The molecule has 0 amide bonds. The van der Waals surface area contributed by atoms with Crippen LogP contribution in [0, 0.1) is 0 Å². The average Bonchev–Trinajstić information content (AvgIpc) is 2.85. The minimum Gasteiger partial charge on any atom is -0.399 e. The van der Waals surface area contributed by atoms with Crippen molar-refractivity contribution in [1.82, 2.24) is 0 Å². The van der Waals surface area contributed by atoms with Crippen molar-refractivity contribution < 1.29 is 23.6 Å². The number of hydrogen-bond acceptors (Lipinski definition) is 2. The van der Waals surface area contributed by atoms with Gasteiger partial charge in [-0.25, -0.2) is 8.78 Å². The summed E-state index contributed by atoms with van der Waals surface area (Å²) < 4.78 is 72.0. The molecule has 1 aromatic carbocycles. The molecule has 1 aromatic rings. The molecule has 3 rings (SSSR count). The van der Waals surface area contributed by atoms with Gasteiger partial charge in [0, 0.05) is 6.42 Å². The van der Waals surface area contributed by atoms with Gasteiger partial charge < -0.3 is 9.31 Å². The highest BCUT2D eigenvalue weighted by molar-refractivity contribution is 6.62. The standard InChI is InChI=1S/C16H21BF2O2/c1-13(2)14(3,4)21-17(20-13)12-8-6-11(7-9-12)15(5)10-16(15,18)19/h6-9H,10H2,1-5H3/i6D,7D,8D,9D. The largest absolute Gasteiger partial charge is 0.494 e. The van der Waals surface area contributed by atoms with Gasteiger partial charge in [0.05, 0.1) is 22.1 Å². The normalized spacial score (nSPS) is 34.9. The Morgan fingerprint density at radius 3 is 1.81 bits per heavy atom. The molecule has 1 saturated heterocycles. The first-order valence-electron chi connectivity index (χ1n) is 9.00. The zero-order valence-electron chi connectivity index (χ0n) is 16.9. The third-order valence-corrected chi connectivity index (χ3v) is 4.94. The van der Waals surface area contributed by atoms with Crippen molar-refractivity contribution in [2.24, 2.45) is 0 Å². The highest BCUT2D eigenvalue weighted by Crippen LogP contribution is 2.61. The van der Waals surface area contributed by atoms with Gasteiger partial charge in [0.25, 0.3) is 5.92 Å². The molecule has 1 heterocycles. The summed E-state index contributed by atoms with van der Waals surface area (Å²) in [6.45, 7) is 8.51.